The molecular formula is C44H38AlO26. The highest BCUT2D eigenvalue weighted by atomic mass is 27.2. The number of carboxylic acid groups (broad SMARTS) is 2. The third-order valence-corrected chi connectivity index (χ3v) is 13.6. The summed E-state index contributed by atoms with van der Waals surface area (Å²) in [6, 6.07) is 1.17. The van der Waals surface area contributed by atoms with Gasteiger partial charge in [0.05, 0.1) is 46.6 Å². The number of carboxylic acids is 2. The molecule has 2 aliphatic carbocycles. The molecule has 2 fully saturated rings. The van der Waals surface area contributed by atoms with Gasteiger partial charge in [0.2, 0.25) is 0 Å². The minimum atomic E-state index is -2.61. The molecule has 2 heterocycles. The van der Waals surface area contributed by atoms with Crippen LogP contribution in [-0.2, 0) is 9.47 Å². The van der Waals surface area contributed by atoms with E-state index in [1.165, 1.54) is 0 Å². The number of aliphatic hydroxyl groups excluding tert-OH is 8. The highest BCUT2D eigenvalue weighted by molar-refractivity contribution is 6.34. The van der Waals surface area contributed by atoms with Crippen LogP contribution in [0.1, 0.15) is 119 Å². The average Bonchev–Trinajstić information content (AvgIpc) is 3.30. The maximum Gasteiger partial charge on any atom is 0.882 e. The first-order valence-electron chi connectivity index (χ1n) is 20.7. The minimum absolute atomic E-state index is 0.499. The summed E-state index contributed by atoms with van der Waals surface area (Å²) >= 11 is -2.61. The van der Waals surface area contributed by atoms with Crippen molar-refractivity contribution in [2.24, 2.45) is 0 Å². The second kappa shape index (κ2) is 18.0. The number of phenolic OH excluding ortho intramolecular Hbond substituents is 4. The van der Waals surface area contributed by atoms with Crippen LogP contribution in [0, 0.1) is 13.8 Å². The number of phenols is 6. The highest BCUT2D eigenvalue weighted by Gasteiger charge is 2.51. The summed E-state index contributed by atoms with van der Waals surface area (Å²) in [4.78, 5) is 82.1. The first-order valence-corrected chi connectivity index (χ1v) is 21.7. The topological polar surface area (TPSA) is 463 Å². The monoisotopic (exact) mass is 1010 g/mol. The molecule has 16 N–H and O–H groups in total. The Morgan fingerprint density at radius 1 is 0.507 bits per heavy atom. The Bertz CT molecular complexity index is 2850. The number of rotatable bonds is 10. The Morgan fingerprint density at radius 2 is 0.845 bits per heavy atom. The molecule has 1 radical (unpaired) electrons. The molecule has 0 aromatic heterocycles. The molecule has 0 unspecified atom stereocenters. The van der Waals surface area contributed by atoms with Gasteiger partial charge >= 0.3 is 27.8 Å². The van der Waals surface area contributed by atoms with Crippen LogP contribution in [0.2, 0.25) is 0 Å². The van der Waals surface area contributed by atoms with Gasteiger partial charge in [-0.25, -0.2) is 9.59 Å². The molecule has 2 aliphatic heterocycles. The molecule has 71 heavy (non-hydrogen) atoms. The first kappa shape index (κ1) is 50.4. The van der Waals surface area contributed by atoms with Gasteiger partial charge in [0.1, 0.15) is 107 Å². The lowest BCUT2D eigenvalue weighted by atomic mass is 9.77. The summed E-state index contributed by atoms with van der Waals surface area (Å²) in [5.41, 5.74) is -11.9. The van der Waals surface area contributed by atoms with Crippen LogP contribution >= 0.6 is 0 Å². The van der Waals surface area contributed by atoms with Crippen LogP contribution in [0.25, 0.3) is 0 Å². The van der Waals surface area contributed by atoms with E-state index in [2.05, 4.69) is 0 Å². The fourth-order valence-electron chi connectivity index (χ4n) is 9.49. The normalized spacial score (nSPS) is 25.7. The van der Waals surface area contributed by atoms with Crippen molar-refractivity contribution in [3.05, 3.63) is 90.0 Å². The molecule has 10 atom stereocenters. The van der Waals surface area contributed by atoms with Crippen LogP contribution in [0.4, 0.5) is 0 Å². The van der Waals surface area contributed by atoms with Gasteiger partial charge in [-0.3, -0.25) is 19.2 Å². The lowest BCUT2D eigenvalue weighted by Gasteiger charge is -2.41. The predicted octanol–water partition coefficient (Wildman–Crippen LogP) is -2.49. The van der Waals surface area contributed by atoms with E-state index in [9.17, 15) is 110 Å². The van der Waals surface area contributed by atoms with Gasteiger partial charge in [-0.05, 0) is 37.1 Å². The van der Waals surface area contributed by atoms with Crippen molar-refractivity contribution in [1.29, 1.82) is 0 Å². The van der Waals surface area contributed by atoms with Gasteiger partial charge < -0.3 is 98.8 Å². The zero-order chi connectivity index (χ0) is 52.3. The number of aromatic hydroxyl groups is 6. The van der Waals surface area contributed by atoms with Crippen LogP contribution in [-0.4, -0.2) is 195 Å². The molecule has 4 aromatic rings. The third-order valence-electron chi connectivity index (χ3n) is 13.0. The molecular weight excluding hydrogens is 971 g/mol. The van der Waals surface area contributed by atoms with Gasteiger partial charge in [-0.2, -0.15) is 0 Å². The second-order valence-electron chi connectivity index (χ2n) is 16.8. The van der Waals surface area contributed by atoms with Gasteiger partial charge in [0.15, 0.2) is 34.6 Å². The van der Waals surface area contributed by atoms with E-state index in [1.807, 2.05) is 0 Å². The van der Waals surface area contributed by atoms with E-state index in [4.69, 9.17) is 17.1 Å². The van der Waals surface area contributed by atoms with Gasteiger partial charge in [-0.1, -0.05) is 0 Å². The molecule has 4 aromatic carbocycles. The number of benzene rings is 4. The molecule has 8 rings (SSSR count). The maximum atomic E-state index is 14.5. The number of aliphatic hydroxyl groups is 8. The minimum Gasteiger partial charge on any atom is -0.613 e. The number of hydrogen-bond acceptors (Lipinski definition) is 24. The van der Waals surface area contributed by atoms with Gasteiger partial charge in [0, 0.05) is 22.3 Å². The molecule has 4 aliphatic rings. The predicted molar refractivity (Wildman–Crippen MR) is 225 cm³/mol. The molecule has 26 nitrogen and oxygen atoms in total. The molecule has 373 valence electrons. The standard InChI is InChI=1S/2C22H20O13.Al/c2*1-4-8-5(2-6(24)9(4)22(33)34)13(25)10-11(15(8)27)16(28)12(18(30)17(10)29)21-20(32)19(31)14(26)7(3-23)35-21;/h2*2,7,14,19-21,23-24,26,28-32H,3H2,1H3,(H,33,34);/q;;+2/p-2/t2*7-,14-,19+,20-,21+;/m11./s1. The van der Waals surface area contributed by atoms with Crippen LogP contribution < -0.4 is 7.58 Å². The van der Waals surface area contributed by atoms with E-state index < -0.39 is 249 Å². The summed E-state index contributed by atoms with van der Waals surface area (Å²) in [5, 5.41) is 173. The summed E-state index contributed by atoms with van der Waals surface area (Å²) in [6.45, 7) is -0.0500. The molecule has 0 amide bonds. The Kier molecular flexibility index (Phi) is 12.8. The SMILES string of the molecule is Cc1c(C(=O)O)c(O)cc2c1C(=O)c1c(O)c([C@@H]3O[C@H](CO)[C@@H](O)[C@H](O)[C@H]3O)c(O)c([O][Al][O]c3c(O)c([C@@H]4O[C@H](CO)[C@@H](O)[C@H](O)[C@H]4O)c(O)c4c3C(=O)c3cc(O)c(C(=O)O)c(C)c3C4=O)c1C2=O. The molecule has 0 saturated carbocycles. The number of ether oxygens (including phenoxy) is 2. The smallest absolute Gasteiger partial charge is 0.613 e. The average molecular weight is 1010 g/mol. The Morgan fingerprint density at radius 3 is 1.15 bits per heavy atom. The number of fused-ring (bicyclic) bond motifs is 4. The fraction of sp³-hybridized carbons (Fsp3) is 0.318. The van der Waals surface area contributed by atoms with Crippen molar-refractivity contribution >= 4 is 51.0 Å². The first-order chi connectivity index (χ1) is 33.3. The number of aromatic carboxylic acids is 2. The van der Waals surface area contributed by atoms with Gasteiger partial charge in [0.25, 0.3) is 0 Å². The van der Waals surface area contributed by atoms with E-state index in [0.29, 0.717) is 12.1 Å². The zero-order valence-corrected chi connectivity index (χ0v) is 37.3. The number of carbonyl (C=O) groups is 6. The summed E-state index contributed by atoms with van der Waals surface area (Å²) in [7, 11) is 0. The Labute approximate surface area is 401 Å². The lowest BCUT2D eigenvalue weighted by molar-refractivity contribution is -0.232. The fourth-order valence-corrected chi connectivity index (χ4v) is 10.2. The van der Waals surface area contributed by atoms with Crippen molar-refractivity contribution in [2.45, 2.75) is 74.9 Å². The largest absolute Gasteiger partial charge is 0.882 e. The van der Waals surface area contributed by atoms with Crippen molar-refractivity contribution in [3.8, 4) is 46.0 Å². The quantitative estimate of drug-likeness (QED) is 0.0631. The van der Waals surface area contributed by atoms with E-state index in [-0.39, 0.29) is 0 Å². The van der Waals surface area contributed by atoms with Crippen LogP contribution in [0.3, 0.4) is 0 Å². The third kappa shape index (κ3) is 7.33. The second-order valence-corrected chi connectivity index (χ2v) is 17.4. The molecule has 0 bridgehead atoms. The van der Waals surface area contributed by atoms with Crippen molar-refractivity contribution < 1.29 is 128 Å². The molecule has 2 saturated heterocycles. The van der Waals surface area contributed by atoms with Crippen molar-refractivity contribution in [2.75, 3.05) is 13.2 Å². The summed E-state index contributed by atoms with van der Waals surface area (Å²) < 4.78 is 22.6. The highest BCUT2D eigenvalue weighted by Crippen LogP contribution is 2.55. The number of ketones is 4. The molecule has 0 spiro atoms. The summed E-state index contributed by atoms with van der Waals surface area (Å²) in [6.07, 6.45) is -21.0. The molecule has 27 heteroatoms. The van der Waals surface area contributed by atoms with Crippen LogP contribution in [0.15, 0.2) is 12.1 Å². The Balaban J connectivity index is 1.33. The van der Waals surface area contributed by atoms with Crippen molar-refractivity contribution in [3.63, 3.8) is 0 Å². The maximum absolute atomic E-state index is 14.5. The van der Waals surface area contributed by atoms with Crippen molar-refractivity contribution in [1.82, 2.24) is 0 Å². The van der Waals surface area contributed by atoms with E-state index >= 15 is 0 Å². The lowest BCUT2D eigenvalue weighted by Crippen LogP contribution is -2.55. The van der Waals surface area contributed by atoms with E-state index in [1.54, 1.807) is 0 Å². The van der Waals surface area contributed by atoms with Gasteiger partial charge in [-0.15, -0.1) is 0 Å². The zero-order valence-electron chi connectivity index (χ0n) is 36.2. The number of carbonyl (C=O) groups excluding carboxylic acids is 4. The number of hydrogen-bond donors (Lipinski definition) is 16. The van der Waals surface area contributed by atoms with E-state index in [0.717, 1.165) is 13.8 Å². The summed E-state index contributed by atoms with van der Waals surface area (Å²) in [5.74, 6) is -18.9. The Hall–Kier alpha value is -6.97. The van der Waals surface area contributed by atoms with Crippen LogP contribution in [0.5, 0.6) is 46.0 Å².